The average molecular weight is 483 g/mol. The third-order valence-electron chi connectivity index (χ3n) is 5.64. The van der Waals surface area contributed by atoms with Gasteiger partial charge in [-0.1, -0.05) is 0 Å². The molecule has 12 heteroatoms. The van der Waals surface area contributed by atoms with Gasteiger partial charge in [0.05, 0.1) is 12.2 Å². The minimum absolute atomic E-state index is 0.0734. The molecule has 1 fully saturated rings. The van der Waals surface area contributed by atoms with E-state index in [1.165, 1.54) is 6.92 Å². The molecule has 0 unspecified atom stereocenters. The van der Waals surface area contributed by atoms with Crippen molar-refractivity contribution < 1.29 is 31.1 Å². The molecule has 7 nitrogen and oxygen atoms in total. The number of hydrogen-bond donors (Lipinski definition) is 0. The highest BCUT2D eigenvalue weighted by Gasteiger charge is 2.32. The molecule has 0 saturated carbocycles. The molecule has 34 heavy (non-hydrogen) atoms. The van der Waals surface area contributed by atoms with Gasteiger partial charge in [-0.15, -0.1) is 10.2 Å². The summed E-state index contributed by atoms with van der Waals surface area (Å²) in [5.74, 6) is -0.958. The normalized spacial score (nSPS) is 15.1. The van der Waals surface area contributed by atoms with E-state index >= 15 is 0 Å². The Hall–Kier alpha value is -3.31. The fourth-order valence-electron chi connectivity index (χ4n) is 3.85. The Morgan fingerprint density at radius 2 is 1.71 bits per heavy atom. The van der Waals surface area contributed by atoms with E-state index in [2.05, 4.69) is 20.2 Å². The van der Waals surface area contributed by atoms with Gasteiger partial charge in [0.1, 0.15) is 22.9 Å². The van der Waals surface area contributed by atoms with Crippen molar-refractivity contribution >= 4 is 5.95 Å². The number of anilines is 1. The predicted molar refractivity (Wildman–Crippen MR) is 111 cm³/mol. The van der Waals surface area contributed by atoms with E-state index < -0.39 is 28.9 Å². The van der Waals surface area contributed by atoms with E-state index in [0.29, 0.717) is 32.0 Å². The van der Waals surface area contributed by atoms with Gasteiger partial charge < -0.3 is 14.1 Å². The molecule has 1 saturated heterocycles. The molecule has 1 aliphatic heterocycles. The number of piperidine rings is 1. The maximum Gasteiger partial charge on any atom is 0.419 e. The highest BCUT2D eigenvalue weighted by Crippen LogP contribution is 2.31. The summed E-state index contributed by atoms with van der Waals surface area (Å²) in [6.45, 7) is 3.10. The van der Waals surface area contributed by atoms with E-state index in [4.69, 9.17) is 9.15 Å². The summed E-state index contributed by atoms with van der Waals surface area (Å²) in [6.07, 6.45) is 0.361. The number of halogens is 5. The summed E-state index contributed by atoms with van der Waals surface area (Å²) >= 11 is 0. The van der Waals surface area contributed by atoms with E-state index in [1.807, 2.05) is 4.90 Å². The van der Waals surface area contributed by atoms with Gasteiger partial charge in [-0.05, 0) is 31.6 Å². The quantitative estimate of drug-likeness (QED) is 0.337. The van der Waals surface area contributed by atoms with Gasteiger partial charge in [0.25, 0.3) is 5.89 Å². The average Bonchev–Trinajstić information content (AvgIpc) is 3.22. The lowest BCUT2D eigenvalue weighted by Crippen LogP contribution is -2.35. The largest absolute Gasteiger partial charge is 0.493 e. The highest BCUT2D eigenvalue weighted by atomic mass is 19.4. The molecule has 0 bridgehead atoms. The Morgan fingerprint density at radius 1 is 1.06 bits per heavy atom. The summed E-state index contributed by atoms with van der Waals surface area (Å²) in [7, 11) is 0. The molecular weight excluding hydrogens is 461 g/mol. The van der Waals surface area contributed by atoms with Crippen LogP contribution in [0.2, 0.25) is 0 Å². The van der Waals surface area contributed by atoms with Crippen molar-refractivity contribution in [2.45, 2.75) is 38.8 Å². The first-order chi connectivity index (χ1) is 16.2. The van der Waals surface area contributed by atoms with E-state index in [0.717, 1.165) is 43.8 Å². The molecule has 0 aliphatic carbocycles. The second kappa shape index (κ2) is 9.90. The van der Waals surface area contributed by atoms with Crippen LogP contribution in [0.4, 0.5) is 27.9 Å². The Labute approximate surface area is 192 Å². The number of aryl methyl sites for hydroxylation is 1. The Morgan fingerprint density at radius 3 is 2.26 bits per heavy atom. The van der Waals surface area contributed by atoms with E-state index in [-0.39, 0.29) is 23.5 Å². The van der Waals surface area contributed by atoms with Crippen LogP contribution >= 0.6 is 0 Å². The third-order valence-corrected chi connectivity index (χ3v) is 5.64. The number of ether oxygens (including phenoxy) is 1. The van der Waals surface area contributed by atoms with Crippen molar-refractivity contribution in [3.05, 3.63) is 47.6 Å². The monoisotopic (exact) mass is 483 g/mol. The van der Waals surface area contributed by atoms with Crippen LogP contribution in [-0.2, 0) is 6.18 Å². The van der Waals surface area contributed by atoms with Crippen molar-refractivity contribution in [2.75, 3.05) is 24.6 Å². The summed E-state index contributed by atoms with van der Waals surface area (Å²) < 4.78 is 77.2. The fourth-order valence-corrected chi connectivity index (χ4v) is 3.85. The Balaban J connectivity index is 1.22. The van der Waals surface area contributed by atoms with Crippen molar-refractivity contribution in [1.82, 2.24) is 20.2 Å². The van der Waals surface area contributed by atoms with Gasteiger partial charge in [0.15, 0.2) is 0 Å². The van der Waals surface area contributed by atoms with Crippen LogP contribution in [0.15, 0.2) is 28.9 Å². The lowest BCUT2D eigenvalue weighted by atomic mass is 9.92. The van der Waals surface area contributed by atoms with Crippen LogP contribution in [0.1, 0.15) is 37.1 Å². The molecular formula is C22H22F5N5O2. The van der Waals surface area contributed by atoms with Crippen molar-refractivity contribution in [2.24, 2.45) is 5.92 Å². The van der Waals surface area contributed by atoms with Gasteiger partial charge in [-0.2, -0.15) is 13.2 Å². The van der Waals surface area contributed by atoms with Crippen molar-refractivity contribution in [1.29, 1.82) is 0 Å². The molecule has 2 aromatic heterocycles. The molecule has 0 spiro atoms. The van der Waals surface area contributed by atoms with Crippen LogP contribution in [0.3, 0.4) is 0 Å². The molecule has 3 aromatic rings. The maximum atomic E-state index is 14.3. The van der Waals surface area contributed by atoms with Crippen LogP contribution in [0.25, 0.3) is 11.5 Å². The molecule has 182 valence electrons. The molecule has 1 aliphatic rings. The second-order valence-corrected chi connectivity index (χ2v) is 8.08. The van der Waals surface area contributed by atoms with Gasteiger partial charge in [-0.25, -0.2) is 18.7 Å². The molecule has 0 radical (unpaired) electrons. The summed E-state index contributed by atoms with van der Waals surface area (Å²) in [4.78, 5) is 9.55. The van der Waals surface area contributed by atoms with Crippen LogP contribution in [0, 0.1) is 24.5 Å². The molecule has 3 heterocycles. The standard InChI is InChI=1S/C22H22F5N5O2/c1-13-30-31-20(34-13)19-17(23)9-16(10-18(19)24)33-8-2-3-14-4-6-32(7-5-14)21-28-11-15(12-29-21)22(25,26)27/h9-12,14H,2-8H2,1H3. The zero-order valence-corrected chi connectivity index (χ0v) is 18.3. The first kappa shape index (κ1) is 23.8. The van der Waals surface area contributed by atoms with Gasteiger partial charge in [0, 0.05) is 44.5 Å². The number of benzene rings is 1. The number of hydrogen-bond acceptors (Lipinski definition) is 7. The molecule has 0 N–H and O–H groups in total. The number of rotatable bonds is 7. The first-order valence-corrected chi connectivity index (χ1v) is 10.8. The lowest BCUT2D eigenvalue weighted by molar-refractivity contribution is -0.138. The summed E-state index contributed by atoms with van der Waals surface area (Å²) in [6, 6.07) is 2.17. The summed E-state index contributed by atoms with van der Waals surface area (Å²) in [5.41, 5.74) is -1.26. The zero-order valence-electron chi connectivity index (χ0n) is 18.3. The summed E-state index contributed by atoms with van der Waals surface area (Å²) in [5, 5.41) is 7.21. The highest BCUT2D eigenvalue weighted by molar-refractivity contribution is 5.56. The lowest BCUT2D eigenvalue weighted by Gasteiger charge is -2.32. The SMILES string of the molecule is Cc1nnc(-c2c(F)cc(OCCCC3CCN(c4ncc(C(F)(F)F)cn4)CC3)cc2F)o1. The van der Waals surface area contributed by atoms with Crippen molar-refractivity contribution in [3.8, 4) is 17.2 Å². The van der Waals surface area contributed by atoms with Crippen LogP contribution < -0.4 is 9.64 Å². The fraction of sp³-hybridized carbons (Fsp3) is 0.455. The number of nitrogens with zero attached hydrogens (tertiary/aromatic N) is 5. The zero-order chi connectivity index (χ0) is 24.3. The molecule has 4 rings (SSSR count). The topological polar surface area (TPSA) is 77.2 Å². The smallest absolute Gasteiger partial charge is 0.419 e. The predicted octanol–water partition coefficient (Wildman–Crippen LogP) is 5.21. The van der Waals surface area contributed by atoms with Crippen LogP contribution in [0.5, 0.6) is 5.75 Å². The van der Waals surface area contributed by atoms with Gasteiger partial charge in [0.2, 0.25) is 11.8 Å². The second-order valence-electron chi connectivity index (χ2n) is 8.08. The first-order valence-electron chi connectivity index (χ1n) is 10.8. The van der Waals surface area contributed by atoms with Gasteiger partial charge >= 0.3 is 6.18 Å². The van der Waals surface area contributed by atoms with E-state index in [9.17, 15) is 22.0 Å². The molecule has 0 atom stereocenters. The molecule has 0 amide bonds. The third kappa shape index (κ3) is 5.60. The minimum Gasteiger partial charge on any atom is -0.493 e. The Bertz CT molecular complexity index is 1090. The maximum absolute atomic E-state index is 14.3. The minimum atomic E-state index is -4.46. The van der Waals surface area contributed by atoms with Crippen LogP contribution in [-0.4, -0.2) is 39.9 Å². The van der Waals surface area contributed by atoms with Gasteiger partial charge in [-0.3, -0.25) is 0 Å². The number of alkyl halides is 3. The Kier molecular flexibility index (Phi) is 6.94. The van der Waals surface area contributed by atoms with Crippen molar-refractivity contribution in [3.63, 3.8) is 0 Å². The van der Waals surface area contributed by atoms with E-state index in [1.54, 1.807) is 0 Å². The number of aromatic nitrogens is 4. The molecule has 1 aromatic carbocycles.